The maximum Gasteiger partial charge on any atom is 0.249 e. The van der Waals surface area contributed by atoms with Crippen molar-refractivity contribution >= 4 is 22.5 Å². The Kier molecular flexibility index (Phi) is 2.84. The molecule has 0 saturated heterocycles. The smallest absolute Gasteiger partial charge is 0.249 e. The lowest BCUT2D eigenvalue weighted by atomic mass is 9.96. The number of benzene rings is 2. The molecule has 4 nitrogen and oxygen atoms in total. The van der Waals surface area contributed by atoms with Gasteiger partial charge in [0.25, 0.3) is 0 Å². The van der Waals surface area contributed by atoms with Crippen LogP contribution in [0.4, 0.5) is 5.69 Å². The van der Waals surface area contributed by atoms with E-state index in [4.69, 9.17) is 11.5 Å². The van der Waals surface area contributed by atoms with E-state index in [9.17, 15) is 4.79 Å². The summed E-state index contributed by atoms with van der Waals surface area (Å²) < 4.78 is 0. The number of nitrogens with two attached hydrogens (primary N) is 2. The number of carbonyl (C=O) groups is 1. The van der Waals surface area contributed by atoms with E-state index in [-0.39, 0.29) is 0 Å². The Morgan fingerprint density at radius 2 is 1.80 bits per heavy atom. The summed E-state index contributed by atoms with van der Waals surface area (Å²) in [6.07, 6.45) is 1.72. The molecular weight excluding hydrogens is 250 g/mol. The van der Waals surface area contributed by atoms with Crippen molar-refractivity contribution in [3.63, 3.8) is 0 Å². The summed E-state index contributed by atoms with van der Waals surface area (Å²) in [5.74, 6) is -0.479. The molecule has 1 heterocycles. The van der Waals surface area contributed by atoms with E-state index in [2.05, 4.69) is 4.98 Å². The number of aromatic nitrogens is 1. The molecule has 0 unspecified atom stereocenters. The Hall–Kier alpha value is -2.88. The van der Waals surface area contributed by atoms with Gasteiger partial charge >= 0.3 is 0 Å². The van der Waals surface area contributed by atoms with Crippen LogP contribution in [0.5, 0.6) is 0 Å². The van der Waals surface area contributed by atoms with Crippen LogP contribution in [-0.4, -0.2) is 10.9 Å². The van der Waals surface area contributed by atoms with Gasteiger partial charge in [0.15, 0.2) is 0 Å². The molecule has 0 aliphatic heterocycles. The van der Waals surface area contributed by atoms with Crippen LogP contribution in [-0.2, 0) is 0 Å². The third kappa shape index (κ3) is 1.97. The molecule has 98 valence electrons. The van der Waals surface area contributed by atoms with Gasteiger partial charge in [0.1, 0.15) is 0 Å². The highest BCUT2D eigenvalue weighted by atomic mass is 16.1. The first-order valence-electron chi connectivity index (χ1n) is 6.20. The third-order valence-electron chi connectivity index (χ3n) is 3.23. The highest BCUT2D eigenvalue weighted by molar-refractivity contribution is 6.04. The second kappa shape index (κ2) is 4.66. The van der Waals surface area contributed by atoms with Gasteiger partial charge in [-0.25, -0.2) is 0 Å². The number of pyridine rings is 1. The quantitative estimate of drug-likeness (QED) is 0.697. The number of carbonyl (C=O) groups excluding carboxylic acids is 1. The van der Waals surface area contributed by atoms with Crippen molar-refractivity contribution in [1.82, 2.24) is 4.98 Å². The predicted octanol–water partition coefficient (Wildman–Crippen LogP) is 2.58. The fourth-order valence-corrected chi connectivity index (χ4v) is 2.32. The van der Waals surface area contributed by atoms with Gasteiger partial charge in [-0.2, -0.15) is 0 Å². The number of fused-ring (bicyclic) bond motifs is 1. The number of hydrogen-bond donors (Lipinski definition) is 2. The predicted molar refractivity (Wildman–Crippen MR) is 80.1 cm³/mol. The standard InChI is InChI=1S/C16H13N3O/c17-11-6-7-13(16(18)20)14(9-11)12-5-1-3-10-4-2-8-19-15(10)12/h1-9H,17H2,(H2,18,20). The van der Waals surface area contributed by atoms with E-state index in [1.54, 1.807) is 24.4 Å². The third-order valence-corrected chi connectivity index (χ3v) is 3.23. The van der Waals surface area contributed by atoms with Crippen LogP contribution in [0.1, 0.15) is 10.4 Å². The Morgan fingerprint density at radius 3 is 2.60 bits per heavy atom. The zero-order valence-corrected chi connectivity index (χ0v) is 10.7. The highest BCUT2D eigenvalue weighted by Gasteiger charge is 2.13. The fraction of sp³-hybridized carbons (Fsp3) is 0. The van der Waals surface area contributed by atoms with Crippen LogP contribution in [0, 0.1) is 0 Å². The average molecular weight is 263 g/mol. The summed E-state index contributed by atoms with van der Waals surface area (Å²) in [5, 5.41) is 1.00. The number of nitrogens with zero attached hydrogens (tertiary/aromatic N) is 1. The van der Waals surface area contributed by atoms with Gasteiger partial charge in [-0.1, -0.05) is 24.3 Å². The van der Waals surface area contributed by atoms with E-state index in [1.165, 1.54) is 0 Å². The SMILES string of the molecule is NC(=O)c1ccc(N)cc1-c1cccc2cccnc12. The minimum atomic E-state index is -0.479. The molecule has 3 rings (SSSR count). The van der Waals surface area contributed by atoms with E-state index < -0.39 is 5.91 Å². The van der Waals surface area contributed by atoms with Crippen molar-refractivity contribution in [2.75, 3.05) is 5.73 Å². The number of para-hydroxylation sites is 1. The number of hydrogen-bond acceptors (Lipinski definition) is 3. The molecule has 1 aromatic heterocycles. The molecule has 0 radical (unpaired) electrons. The van der Waals surface area contributed by atoms with Crippen LogP contribution in [0.15, 0.2) is 54.7 Å². The molecule has 0 bridgehead atoms. The van der Waals surface area contributed by atoms with Crippen molar-refractivity contribution < 1.29 is 4.79 Å². The van der Waals surface area contributed by atoms with E-state index in [0.29, 0.717) is 16.8 Å². The Balaban J connectivity index is 2.36. The molecule has 0 spiro atoms. The number of rotatable bonds is 2. The molecule has 4 heteroatoms. The van der Waals surface area contributed by atoms with E-state index >= 15 is 0 Å². The molecular formula is C16H13N3O. The summed E-state index contributed by atoms with van der Waals surface area (Å²) >= 11 is 0. The summed E-state index contributed by atoms with van der Waals surface area (Å²) in [6, 6.07) is 14.7. The minimum absolute atomic E-state index is 0.442. The van der Waals surface area contributed by atoms with Gasteiger partial charge in [0, 0.05) is 28.4 Å². The Bertz CT molecular complexity index is 806. The van der Waals surface area contributed by atoms with Gasteiger partial charge in [0.05, 0.1) is 5.52 Å². The summed E-state index contributed by atoms with van der Waals surface area (Å²) in [5.41, 5.74) is 14.7. The molecule has 3 aromatic rings. The normalized spacial score (nSPS) is 10.6. The fourth-order valence-electron chi connectivity index (χ4n) is 2.32. The number of primary amides is 1. The van der Waals surface area contributed by atoms with Gasteiger partial charge in [-0.05, 0) is 29.8 Å². The van der Waals surface area contributed by atoms with Crippen LogP contribution in [0.2, 0.25) is 0 Å². The first kappa shape index (κ1) is 12.2. The zero-order chi connectivity index (χ0) is 14.1. The Morgan fingerprint density at radius 1 is 1.00 bits per heavy atom. The summed E-state index contributed by atoms with van der Waals surface area (Å²) in [6.45, 7) is 0. The van der Waals surface area contributed by atoms with E-state index in [0.717, 1.165) is 16.5 Å². The van der Waals surface area contributed by atoms with Gasteiger partial charge < -0.3 is 11.5 Å². The molecule has 2 aromatic carbocycles. The molecule has 0 atom stereocenters. The van der Waals surface area contributed by atoms with Gasteiger partial charge in [0.2, 0.25) is 5.91 Å². The maximum absolute atomic E-state index is 11.6. The van der Waals surface area contributed by atoms with Crippen LogP contribution in [0.25, 0.3) is 22.0 Å². The maximum atomic E-state index is 11.6. The summed E-state index contributed by atoms with van der Waals surface area (Å²) in [4.78, 5) is 16.0. The van der Waals surface area contributed by atoms with Crippen molar-refractivity contribution in [2.24, 2.45) is 5.73 Å². The number of amides is 1. The monoisotopic (exact) mass is 263 g/mol. The lowest BCUT2D eigenvalue weighted by Gasteiger charge is -2.10. The minimum Gasteiger partial charge on any atom is -0.399 e. The first-order valence-corrected chi connectivity index (χ1v) is 6.20. The average Bonchev–Trinajstić information content (AvgIpc) is 2.46. The van der Waals surface area contributed by atoms with E-state index in [1.807, 2.05) is 30.3 Å². The molecule has 4 N–H and O–H groups in total. The first-order chi connectivity index (χ1) is 9.66. The summed E-state index contributed by atoms with van der Waals surface area (Å²) in [7, 11) is 0. The second-order valence-corrected chi connectivity index (χ2v) is 4.55. The van der Waals surface area contributed by atoms with Crippen LogP contribution < -0.4 is 11.5 Å². The molecule has 0 saturated carbocycles. The Labute approximate surface area is 116 Å². The van der Waals surface area contributed by atoms with Crippen LogP contribution >= 0.6 is 0 Å². The second-order valence-electron chi connectivity index (χ2n) is 4.55. The zero-order valence-electron chi connectivity index (χ0n) is 10.7. The number of nitrogen functional groups attached to an aromatic ring is 1. The molecule has 0 aliphatic carbocycles. The van der Waals surface area contributed by atoms with Crippen molar-refractivity contribution in [3.05, 3.63) is 60.3 Å². The molecule has 0 aliphatic rings. The molecule has 20 heavy (non-hydrogen) atoms. The van der Waals surface area contributed by atoms with Gasteiger partial charge in [-0.3, -0.25) is 9.78 Å². The molecule has 0 fully saturated rings. The van der Waals surface area contributed by atoms with Crippen molar-refractivity contribution in [1.29, 1.82) is 0 Å². The lowest BCUT2D eigenvalue weighted by Crippen LogP contribution is -2.12. The topological polar surface area (TPSA) is 82.0 Å². The lowest BCUT2D eigenvalue weighted by molar-refractivity contribution is 0.100. The van der Waals surface area contributed by atoms with Gasteiger partial charge in [-0.15, -0.1) is 0 Å². The highest BCUT2D eigenvalue weighted by Crippen LogP contribution is 2.31. The van der Waals surface area contributed by atoms with Crippen molar-refractivity contribution in [2.45, 2.75) is 0 Å². The largest absolute Gasteiger partial charge is 0.399 e. The number of anilines is 1. The van der Waals surface area contributed by atoms with Crippen LogP contribution in [0.3, 0.4) is 0 Å². The molecule has 1 amide bonds. The van der Waals surface area contributed by atoms with Crippen molar-refractivity contribution in [3.8, 4) is 11.1 Å².